The van der Waals surface area contributed by atoms with Crippen molar-refractivity contribution in [1.29, 1.82) is 0 Å². The van der Waals surface area contributed by atoms with Crippen LogP contribution in [0.3, 0.4) is 0 Å². The number of furan rings is 1. The average Bonchev–Trinajstić information content (AvgIpc) is 3.23. The highest BCUT2D eigenvalue weighted by molar-refractivity contribution is 5.93. The zero-order chi connectivity index (χ0) is 16.4. The van der Waals surface area contributed by atoms with E-state index < -0.39 is 0 Å². The summed E-state index contributed by atoms with van der Waals surface area (Å²) in [7, 11) is 0. The summed E-state index contributed by atoms with van der Waals surface area (Å²) >= 11 is 0. The normalized spacial score (nSPS) is 29.9. The first kappa shape index (κ1) is 13.8. The van der Waals surface area contributed by atoms with E-state index in [1.54, 1.807) is 18.7 Å². The summed E-state index contributed by atoms with van der Waals surface area (Å²) in [5, 5.41) is 1.08. The minimum Gasteiger partial charge on any atom is -0.469 e. The number of hydrogen-bond acceptors (Lipinski definition) is 5. The molecule has 3 fully saturated rings. The van der Waals surface area contributed by atoms with E-state index >= 15 is 0 Å². The first-order valence-corrected chi connectivity index (χ1v) is 9.03. The van der Waals surface area contributed by atoms with Gasteiger partial charge in [-0.1, -0.05) is 0 Å². The molecule has 3 aromatic heterocycles. The number of piperidine rings is 3. The summed E-state index contributed by atoms with van der Waals surface area (Å²) in [5.74, 6) is 1.49. The van der Waals surface area contributed by atoms with E-state index in [1.807, 2.05) is 12.3 Å². The Bertz CT molecular complexity index is 974. The molecule has 0 N–H and O–H groups in total. The Balaban J connectivity index is 1.40. The zero-order valence-electron chi connectivity index (χ0n) is 13.9. The van der Waals surface area contributed by atoms with Crippen molar-refractivity contribution in [3.05, 3.63) is 42.5 Å². The molecule has 0 unspecified atom stereocenters. The maximum Gasteiger partial charge on any atom is 0.217 e. The highest BCUT2D eigenvalue weighted by Gasteiger charge is 2.52. The zero-order valence-corrected chi connectivity index (χ0v) is 13.9. The first-order valence-electron chi connectivity index (χ1n) is 9.03. The summed E-state index contributed by atoms with van der Waals surface area (Å²) in [6.45, 7) is 3.49. The standard InChI is InChI=1S/C20H19N3O2/c1-4-21-10-18-16(1)17(11-24-18)14-7-13-8-20(25-19(13)22-9-14)12-23-5-2-15(20)3-6-23/h1,4,7,9-11,15H,2-3,5-6,8,12H2/t20-/m0/s1. The second-order valence-electron chi connectivity index (χ2n) is 7.60. The molecule has 3 saturated heterocycles. The van der Waals surface area contributed by atoms with E-state index in [9.17, 15) is 0 Å². The second kappa shape index (κ2) is 4.82. The lowest BCUT2D eigenvalue weighted by molar-refractivity contribution is -0.0814. The molecular formula is C20H19N3O2. The van der Waals surface area contributed by atoms with Crippen molar-refractivity contribution < 1.29 is 9.15 Å². The number of nitrogens with zero attached hydrogens (tertiary/aromatic N) is 3. The van der Waals surface area contributed by atoms with Crippen LogP contribution in [0.25, 0.3) is 22.1 Å². The molecule has 7 heterocycles. The third kappa shape index (κ3) is 1.93. The van der Waals surface area contributed by atoms with Gasteiger partial charge in [0.1, 0.15) is 5.60 Å². The van der Waals surface area contributed by atoms with Crippen LogP contribution in [0.4, 0.5) is 0 Å². The molecule has 7 rings (SSSR count). The van der Waals surface area contributed by atoms with Gasteiger partial charge in [0.15, 0.2) is 5.58 Å². The number of rotatable bonds is 1. The Morgan fingerprint density at radius 1 is 1.20 bits per heavy atom. The number of pyridine rings is 2. The second-order valence-corrected chi connectivity index (χ2v) is 7.60. The monoisotopic (exact) mass is 333 g/mol. The molecule has 25 heavy (non-hydrogen) atoms. The van der Waals surface area contributed by atoms with Crippen molar-refractivity contribution in [2.45, 2.75) is 24.9 Å². The number of hydrogen-bond donors (Lipinski definition) is 0. The van der Waals surface area contributed by atoms with Crippen LogP contribution in [0.2, 0.25) is 0 Å². The van der Waals surface area contributed by atoms with Crippen LogP contribution in [-0.4, -0.2) is 40.1 Å². The van der Waals surface area contributed by atoms with Crippen molar-refractivity contribution in [2.75, 3.05) is 19.6 Å². The summed E-state index contributed by atoms with van der Waals surface area (Å²) < 4.78 is 12.1. The minimum absolute atomic E-state index is 0.0488. The molecule has 2 bridgehead atoms. The van der Waals surface area contributed by atoms with Gasteiger partial charge in [-0.05, 0) is 38.1 Å². The van der Waals surface area contributed by atoms with Crippen LogP contribution in [0.15, 0.2) is 41.4 Å². The lowest BCUT2D eigenvalue weighted by Gasteiger charge is -2.50. The highest BCUT2D eigenvalue weighted by atomic mass is 16.5. The van der Waals surface area contributed by atoms with Crippen LogP contribution < -0.4 is 4.74 Å². The van der Waals surface area contributed by atoms with Crippen molar-refractivity contribution in [2.24, 2.45) is 5.92 Å². The SMILES string of the molecule is c1cc2c(-c3cnc4c(c3)C[C@@]3(CN5CCC3CC5)O4)coc2cn1. The fourth-order valence-electron chi connectivity index (χ4n) is 4.96. The summed E-state index contributed by atoms with van der Waals surface area (Å²) in [6, 6.07) is 4.23. The van der Waals surface area contributed by atoms with Gasteiger partial charge in [-0.15, -0.1) is 0 Å². The molecule has 0 aromatic carbocycles. The molecule has 4 aliphatic rings. The Morgan fingerprint density at radius 3 is 2.96 bits per heavy atom. The van der Waals surface area contributed by atoms with E-state index in [-0.39, 0.29) is 5.60 Å². The molecule has 3 aromatic rings. The lowest BCUT2D eigenvalue weighted by atomic mass is 9.73. The van der Waals surface area contributed by atoms with Gasteiger partial charge < -0.3 is 9.15 Å². The van der Waals surface area contributed by atoms with Gasteiger partial charge in [-0.25, -0.2) is 4.98 Å². The van der Waals surface area contributed by atoms with Crippen LogP contribution in [-0.2, 0) is 6.42 Å². The molecule has 0 aliphatic carbocycles. The molecular weight excluding hydrogens is 314 g/mol. The van der Waals surface area contributed by atoms with Crippen LogP contribution in [0.1, 0.15) is 18.4 Å². The van der Waals surface area contributed by atoms with E-state index in [0.717, 1.165) is 40.9 Å². The Labute approximate surface area is 145 Å². The van der Waals surface area contributed by atoms with Gasteiger partial charge in [0.25, 0.3) is 0 Å². The smallest absolute Gasteiger partial charge is 0.217 e. The largest absolute Gasteiger partial charge is 0.469 e. The Morgan fingerprint density at radius 2 is 2.12 bits per heavy atom. The molecule has 5 heteroatoms. The van der Waals surface area contributed by atoms with Gasteiger partial charge in [0.05, 0.1) is 12.5 Å². The Hall–Kier alpha value is -2.40. The lowest BCUT2D eigenvalue weighted by Crippen LogP contribution is -2.61. The van der Waals surface area contributed by atoms with E-state index in [2.05, 4.69) is 20.9 Å². The van der Waals surface area contributed by atoms with E-state index in [0.29, 0.717) is 5.92 Å². The number of aromatic nitrogens is 2. The van der Waals surface area contributed by atoms with Gasteiger partial charge in [-0.2, -0.15) is 0 Å². The van der Waals surface area contributed by atoms with E-state index in [4.69, 9.17) is 9.15 Å². The average molecular weight is 333 g/mol. The topological polar surface area (TPSA) is 51.4 Å². The van der Waals surface area contributed by atoms with Crippen LogP contribution >= 0.6 is 0 Å². The van der Waals surface area contributed by atoms with Gasteiger partial charge in [-0.3, -0.25) is 9.88 Å². The molecule has 4 aliphatic heterocycles. The quantitative estimate of drug-likeness (QED) is 0.684. The Kier molecular flexibility index (Phi) is 2.67. The predicted molar refractivity (Wildman–Crippen MR) is 93.5 cm³/mol. The molecule has 1 spiro atoms. The highest BCUT2D eigenvalue weighted by Crippen LogP contribution is 2.46. The van der Waals surface area contributed by atoms with Crippen molar-refractivity contribution >= 4 is 11.0 Å². The first-order chi connectivity index (χ1) is 12.3. The maximum absolute atomic E-state index is 6.44. The van der Waals surface area contributed by atoms with Gasteiger partial charge in [0.2, 0.25) is 5.88 Å². The molecule has 5 nitrogen and oxygen atoms in total. The third-order valence-electron chi connectivity index (χ3n) is 6.23. The van der Waals surface area contributed by atoms with Crippen molar-refractivity contribution in [1.82, 2.24) is 14.9 Å². The maximum atomic E-state index is 6.44. The predicted octanol–water partition coefficient (Wildman–Crippen LogP) is 3.29. The summed E-state index contributed by atoms with van der Waals surface area (Å²) in [4.78, 5) is 11.3. The van der Waals surface area contributed by atoms with Crippen molar-refractivity contribution in [3.63, 3.8) is 0 Å². The third-order valence-corrected chi connectivity index (χ3v) is 6.23. The minimum atomic E-state index is -0.0488. The molecule has 0 saturated carbocycles. The fraction of sp³-hybridized carbons (Fsp3) is 0.400. The fourth-order valence-corrected chi connectivity index (χ4v) is 4.96. The number of ether oxygens (including phenoxy) is 1. The summed E-state index contributed by atoms with van der Waals surface area (Å²) in [6.07, 6.45) is 10.7. The molecule has 0 amide bonds. The molecule has 126 valence electrons. The van der Waals surface area contributed by atoms with E-state index in [1.165, 1.54) is 31.5 Å². The van der Waals surface area contributed by atoms with Crippen molar-refractivity contribution in [3.8, 4) is 17.0 Å². The van der Waals surface area contributed by atoms with Gasteiger partial charge >= 0.3 is 0 Å². The van der Waals surface area contributed by atoms with Crippen LogP contribution in [0.5, 0.6) is 5.88 Å². The molecule has 1 atom stereocenters. The molecule has 0 radical (unpaired) electrons. The summed E-state index contributed by atoms with van der Waals surface area (Å²) in [5.41, 5.74) is 4.15. The van der Waals surface area contributed by atoms with Gasteiger partial charge in [0, 0.05) is 53.4 Å². The number of fused-ring (bicyclic) bond motifs is 4. The van der Waals surface area contributed by atoms with Crippen LogP contribution in [0, 0.1) is 5.92 Å².